The van der Waals surface area contributed by atoms with E-state index >= 15 is 0 Å². The van der Waals surface area contributed by atoms with Crippen molar-refractivity contribution in [3.63, 3.8) is 0 Å². The van der Waals surface area contributed by atoms with E-state index in [4.69, 9.17) is 26.2 Å². The van der Waals surface area contributed by atoms with Crippen LogP contribution in [0.15, 0.2) is 0 Å². The maximum absolute atomic E-state index is 6.43. The molecule has 0 bridgehead atoms. The molecule has 0 aromatic carbocycles. The number of epoxide rings is 1. The topological polar surface area (TPSA) is 58.7 Å². The maximum atomic E-state index is 6.43. The van der Waals surface area contributed by atoms with Crippen molar-refractivity contribution in [3.05, 3.63) is 0 Å². The second-order valence-electron chi connectivity index (χ2n) is 7.11. The van der Waals surface area contributed by atoms with E-state index in [1.807, 2.05) is 6.55 Å². The van der Waals surface area contributed by atoms with Crippen LogP contribution in [0.2, 0.25) is 44.8 Å². The lowest BCUT2D eigenvalue weighted by Crippen LogP contribution is -2.50. The maximum Gasteiger partial charge on any atom is 0.317 e. The highest BCUT2D eigenvalue weighted by Gasteiger charge is 2.37. The number of hydrogen-bond acceptors (Lipinski definition) is 6. The Morgan fingerprint density at radius 1 is 1.08 bits per heavy atom. The van der Waals surface area contributed by atoms with Crippen molar-refractivity contribution < 1.29 is 26.2 Å². The van der Waals surface area contributed by atoms with Crippen molar-refractivity contribution in [2.24, 2.45) is 0 Å². The lowest BCUT2D eigenvalue weighted by molar-refractivity contribution is 0.115. The fourth-order valence-electron chi connectivity index (χ4n) is 2.33. The predicted molar refractivity (Wildman–Crippen MR) is 106 cm³/mol. The lowest BCUT2D eigenvalue weighted by Gasteiger charge is -2.35. The Morgan fingerprint density at radius 3 is 2.25 bits per heavy atom. The minimum absolute atomic E-state index is 0.323. The molecule has 0 radical (unpaired) electrons. The monoisotopic (exact) mass is 412 g/mol. The van der Waals surface area contributed by atoms with Crippen LogP contribution in [0.4, 0.5) is 0 Å². The van der Waals surface area contributed by atoms with E-state index in [1.165, 1.54) is 0 Å². The molecule has 1 saturated heterocycles. The summed E-state index contributed by atoms with van der Waals surface area (Å²) in [6.45, 7) is 15.3. The zero-order valence-corrected chi connectivity index (χ0v) is 20.7. The van der Waals surface area contributed by atoms with E-state index in [0.29, 0.717) is 12.7 Å². The van der Waals surface area contributed by atoms with Gasteiger partial charge in [0.25, 0.3) is 9.28 Å². The summed E-state index contributed by atoms with van der Waals surface area (Å²) in [6.07, 6.45) is 1.26. The third-order valence-electron chi connectivity index (χ3n) is 4.12. The molecule has 4 atom stereocenters. The Bertz CT molecular complexity index is 358. The van der Waals surface area contributed by atoms with E-state index in [9.17, 15) is 0 Å². The number of rotatable bonds is 14. The van der Waals surface area contributed by atoms with Gasteiger partial charge in [0.1, 0.15) is 6.10 Å². The normalized spacial score (nSPS) is 22.9. The molecule has 0 amide bonds. The molecular formula is C14H36O6Si4. The van der Waals surface area contributed by atoms with Gasteiger partial charge in [0.15, 0.2) is 8.32 Å². The van der Waals surface area contributed by atoms with Gasteiger partial charge in [-0.2, -0.15) is 0 Å². The molecule has 144 valence electrons. The molecule has 0 saturated carbocycles. The summed E-state index contributed by atoms with van der Waals surface area (Å²) in [7, 11) is -5.50. The van der Waals surface area contributed by atoms with Crippen molar-refractivity contribution in [1.82, 2.24) is 0 Å². The smallest absolute Gasteiger partial charge is 0.317 e. The van der Waals surface area contributed by atoms with Gasteiger partial charge in [-0.1, -0.05) is 6.92 Å². The van der Waals surface area contributed by atoms with Crippen molar-refractivity contribution in [2.75, 3.05) is 26.9 Å². The number of hydrogen-bond donors (Lipinski definition) is 0. The average molecular weight is 413 g/mol. The van der Waals surface area contributed by atoms with Crippen LogP contribution in [0.1, 0.15) is 13.3 Å². The largest absolute Gasteiger partial charge is 0.439 e. The molecule has 1 fully saturated rings. The highest BCUT2D eigenvalue weighted by molar-refractivity contribution is 6.81. The summed E-state index contributed by atoms with van der Waals surface area (Å²) in [5, 5.41) is 0. The first-order valence-corrected chi connectivity index (χ1v) is 18.8. The molecule has 1 aliphatic heterocycles. The molecule has 1 aliphatic rings. The highest BCUT2D eigenvalue weighted by atomic mass is 28.5. The van der Waals surface area contributed by atoms with Crippen LogP contribution >= 0.6 is 0 Å². The van der Waals surface area contributed by atoms with E-state index in [0.717, 1.165) is 31.7 Å². The quantitative estimate of drug-likeness (QED) is 0.248. The first-order valence-electron chi connectivity index (χ1n) is 8.95. The molecule has 0 aromatic heterocycles. The van der Waals surface area contributed by atoms with E-state index in [2.05, 4.69) is 33.1 Å². The van der Waals surface area contributed by atoms with Crippen molar-refractivity contribution >= 4 is 35.4 Å². The summed E-state index contributed by atoms with van der Waals surface area (Å²) in [6, 6.07) is 2.02. The van der Waals surface area contributed by atoms with Gasteiger partial charge in [0.2, 0.25) is 0 Å². The van der Waals surface area contributed by atoms with Crippen LogP contribution < -0.4 is 0 Å². The van der Waals surface area contributed by atoms with Crippen LogP contribution in [-0.4, -0.2) is 68.5 Å². The molecule has 0 aliphatic carbocycles. The molecule has 0 aromatic rings. The van der Waals surface area contributed by atoms with Crippen LogP contribution in [-0.2, 0) is 26.2 Å². The van der Waals surface area contributed by atoms with Crippen LogP contribution in [0.25, 0.3) is 0 Å². The second-order valence-corrected chi connectivity index (χ2v) is 19.7. The molecule has 1 rings (SSSR count). The van der Waals surface area contributed by atoms with Gasteiger partial charge in [-0.15, -0.1) is 0 Å². The van der Waals surface area contributed by atoms with Gasteiger partial charge < -0.3 is 26.2 Å². The number of ether oxygens (including phenoxy) is 2. The molecule has 4 unspecified atom stereocenters. The first kappa shape index (κ1) is 22.7. The minimum Gasteiger partial charge on any atom is -0.439 e. The third-order valence-corrected chi connectivity index (χ3v) is 18.3. The summed E-state index contributed by atoms with van der Waals surface area (Å²) >= 11 is 0. The molecule has 10 heteroatoms. The van der Waals surface area contributed by atoms with Crippen LogP contribution in [0.5, 0.6) is 0 Å². The average Bonchev–Trinajstić information content (AvgIpc) is 3.30. The Kier molecular flexibility index (Phi) is 10.1. The van der Waals surface area contributed by atoms with Crippen molar-refractivity contribution in [1.29, 1.82) is 0 Å². The molecule has 0 N–H and O–H groups in total. The Hall–Kier alpha value is 0.628. The van der Waals surface area contributed by atoms with Crippen LogP contribution in [0.3, 0.4) is 0 Å². The van der Waals surface area contributed by atoms with E-state index in [-0.39, 0.29) is 0 Å². The molecular weight excluding hydrogens is 376 g/mol. The SMILES string of the molecule is CC[Si](C)(C)O[SiH](C)O[Si](C)(CCCOCC1CO1)O[SiH](C)OC. The zero-order valence-electron chi connectivity index (χ0n) is 16.4. The first-order chi connectivity index (χ1) is 11.2. The second kappa shape index (κ2) is 10.7. The highest BCUT2D eigenvalue weighted by Crippen LogP contribution is 2.21. The molecule has 1 heterocycles. The van der Waals surface area contributed by atoms with Crippen molar-refractivity contribution in [3.8, 4) is 0 Å². The van der Waals surface area contributed by atoms with E-state index in [1.54, 1.807) is 7.11 Å². The van der Waals surface area contributed by atoms with Gasteiger partial charge in [-0.05, 0) is 51.2 Å². The van der Waals surface area contributed by atoms with Gasteiger partial charge >= 0.3 is 17.8 Å². The van der Waals surface area contributed by atoms with Gasteiger partial charge in [0, 0.05) is 13.7 Å². The summed E-state index contributed by atoms with van der Waals surface area (Å²) in [4.78, 5) is 0. The molecule has 6 nitrogen and oxygen atoms in total. The third kappa shape index (κ3) is 9.94. The van der Waals surface area contributed by atoms with Gasteiger partial charge in [-0.3, -0.25) is 0 Å². The Balaban J connectivity index is 2.45. The molecule has 0 spiro atoms. The van der Waals surface area contributed by atoms with E-state index < -0.39 is 35.4 Å². The van der Waals surface area contributed by atoms with Crippen LogP contribution in [0, 0.1) is 0 Å². The standard InChI is InChI=1S/C14H36O6Si4/c1-8-23(5,6)18-22(4)20-24(7,19-21(3)15-2)11-9-10-16-12-14-13-17-14/h14,21-22H,8-13H2,1-7H3. The minimum atomic E-state index is -2.29. The Morgan fingerprint density at radius 2 is 1.71 bits per heavy atom. The fraction of sp³-hybridized carbons (Fsp3) is 1.00. The summed E-state index contributed by atoms with van der Waals surface area (Å²) in [5.41, 5.74) is 0. The lowest BCUT2D eigenvalue weighted by atomic mass is 10.5. The summed E-state index contributed by atoms with van der Waals surface area (Å²) in [5.74, 6) is 0. The van der Waals surface area contributed by atoms with Gasteiger partial charge in [0.05, 0.1) is 13.2 Å². The predicted octanol–water partition coefficient (Wildman–Crippen LogP) is 2.49. The van der Waals surface area contributed by atoms with Crippen molar-refractivity contribution in [2.45, 2.75) is 64.3 Å². The molecule has 24 heavy (non-hydrogen) atoms. The summed E-state index contributed by atoms with van der Waals surface area (Å²) < 4.78 is 35.2. The Labute approximate surface area is 153 Å². The zero-order chi connectivity index (χ0) is 18.2. The van der Waals surface area contributed by atoms with Gasteiger partial charge in [-0.25, -0.2) is 0 Å². The fourth-order valence-corrected chi connectivity index (χ4v) is 15.7.